The number of carbonyl (C=O) groups is 2. The fraction of sp³-hybridized carbons (Fsp3) is 0.227. The van der Waals surface area contributed by atoms with Crippen LogP contribution in [0.15, 0.2) is 66.3 Å². The zero-order chi connectivity index (χ0) is 20.4. The predicted molar refractivity (Wildman–Crippen MR) is 112 cm³/mol. The molecule has 6 heteroatoms. The van der Waals surface area contributed by atoms with Crippen molar-refractivity contribution in [1.29, 1.82) is 0 Å². The van der Waals surface area contributed by atoms with Crippen LogP contribution in [0.3, 0.4) is 0 Å². The first kappa shape index (κ1) is 20.9. The number of hydrazone groups is 1. The van der Waals surface area contributed by atoms with E-state index in [1.54, 1.807) is 30.3 Å². The van der Waals surface area contributed by atoms with Gasteiger partial charge in [-0.05, 0) is 42.3 Å². The Morgan fingerprint density at radius 2 is 1.86 bits per heavy atom. The van der Waals surface area contributed by atoms with Gasteiger partial charge in [-0.25, -0.2) is 5.43 Å². The molecule has 0 aromatic heterocycles. The Kier molecular flexibility index (Phi) is 7.96. The van der Waals surface area contributed by atoms with Gasteiger partial charge in [0.1, 0.15) is 12.4 Å². The molecule has 2 rings (SSSR count). The minimum Gasteiger partial charge on any atom is -0.489 e. The summed E-state index contributed by atoms with van der Waals surface area (Å²) in [5.74, 6) is 0.548. The van der Waals surface area contributed by atoms with Crippen LogP contribution in [0.2, 0.25) is 0 Å². The fourth-order valence-corrected chi connectivity index (χ4v) is 2.38. The number of amides is 2. The summed E-state index contributed by atoms with van der Waals surface area (Å²) in [6.45, 7) is 7.97. The number of nitrogens with zero attached hydrogens (tertiary/aromatic N) is 1. The highest BCUT2D eigenvalue weighted by Crippen LogP contribution is 2.16. The van der Waals surface area contributed by atoms with E-state index in [1.165, 1.54) is 6.21 Å². The largest absolute Gasteiger partial charge is 0.489 e. The molecular weight excluding hydrogens is 354 g/mol. The highest BCUT2D eigenvalue weighted by atomic mass is 16.5. The summed E-state index contributed by atoms with van der Waals surface area (Å²) in [6, 6.07) is 14.0. The topological polar surface area (TPSA) is 79.8 Å². The molecule has 6 nitrogen and oxygen atoms in total. The number of ether oxygens (including phenoxy) is 1. The van der Waals surface area contributed by atoms with E-state index >= 15 is 0 Å². The molecule has 2 N–H and O–H groups in total. The van der Waals surface area contributed by atoms with Gasteiger partial charge >= 0.3 is 0 Å². The second kappa shape index (κ2) is 10.7. The summed E-state index contributed by atoms with van der Waals surface area (Å²) in [5.41, 5.74) is 4.32. The normalized spacial score (nSPS) is 10.7. The van der Waals surface area contributed by atoms with Crippen molar-refractivity contribution >= 4 is 23.7 Å². The van der Waals surface area contributed by atoms with Gasteiger partial charge < -0.3 is 10.1 Å². The summed E-state index contributed by atoms with van der Waals surface area (Å²) in [7, 11) is 0. The number of benzene rings is 2. The Labute approximate surface area is 165 Å². The summed E-state index contributed by atoms with van der Waals surface area (Å²) in [4.78, 5) is 24.0. The summed E-state index contributed by atoms with van der Waals surface area (Å²) < 4.78 is 5.54. The van der Waals surface area contributed by atoms with Crippen molar-refractivity contribution < 1.29 is 14.3 Å². The first-order valence-corrected chi connectivity index (χ1v) is 9.05. The zero-order valence-electron chi connectivity index (χ0n) is 16.1. The number of para-hydroxylation sites is 1. The molecule has 0 radical (unpaired) electrons. The van der Waals surface area contributed by atoms with Gasteiger partial charge in [0.05, 0.1) is 6.21 Å². The van der Waals surface area contributed by atoms with Gasteiger partial charge in [0.2, 0.25) is 5.91 Å². The van der Waals surface area contributed by atoms with E-state index in [0.29, 0.717) is 30.0 Å². The monoisotopic (exact) mass is 379 g/mol. The SMILES string of the molecule is C=CCOc1ccccc1/C=N/NC(=O)c1ccc(NC(=O)CC(C)C)cc1. The lowest BCUT2D eigenvalue weighted by molar-refractivity contribution is -0.116. The van der Waals surface area contributed by atoms with Crippen molar-refractivity contribution in [2.45, 2.75) is 20.3 Å². The van der Waals surface area contributed by atoms with E-state index in [9.17, 15) is 9.59 Å². The molecule has 28 heavy (non-hydrogen) atoms. The molecule has 0 unspecified atom stereocenters. The van der Waals surface area contributed by atoms with Crippen LogP contribution in [-0.4, -0.2) is 24.6 Å². The molecule has 0 bridgehead atoms. The van der Waals surface area contributed by atoms with Crippen molar-refractivity contribution in [2.75, 3.05) is 11.9 Å². The molecule has 2 aromatic rings. The Morgan fingerprint density at radius 1 is 1.14 bits per heavy atom. The van der Waals surface area contributed by atoms with E-state index in [4.69, 9.17) is 4.74 Å². The first-order valence-electron chi connectivity index (χ1n) is 9.05. The zero-order valence-corrected chi connectivity index (χ0v) is 16.1. The van der Waals surface area contributed by atoms with Gasteiger partial charge in [0.15, 0.2) is 0 Å². The molecule has 0 aliphatic heterocycles. The summed E-state index contributed by atoms with van der Waals surface area (Å²) in [6.07, 6.45) is 3.64. The Hall–Kier alpha value is -3.41. The second-order valence-electron chi connectivity index (χ2n) is 6.56. The molecule has 0 aliphatic carbocycles. The highest BCUT2D eigenvalue weighted by molar-refractivity contribution is 5.96. The molecule has 0 heterocycles. The molecule has 0 saturated carbocycles. The molecule has 0 saturated heterocycles. The average Bonchev–Trinajstić information content (AvgIpc) is 2.67. The van der Waals surface area contributed by atoms with Crippen LogP contribution in [0.4, 0.5) is 5.69 Å². The second-order valence-corrected chi connectivity index (χ2v) is 6.56. The molecule has 0 aliphatic rings. The van der Waals surface area contributed by atoms with Crippen molar-refractivity contribution in [3.05, 3.63) is 72.3 Å². The molecule has 0 atom stereocenters. The minimum absolute atomic E-state index is 0.0471. The summed E-state index contributed by atoms with van der Waals surface area (Å²) in [5, 5.41) is 6.80. The van der Waals surface area contributed by atoms with Crippen LogP contribution in [0.5, 0.6) is 5.75 Å². The Balaban J connectivity index is 1.94. The van der Waals surface area contributed by atoms with Crippen molar-refractivity contribution in [1.82, 2.24) is 5.43 Å². The van der Waals surface area contributed by atoms with Gasteiger partial charge in [0.25, 0.3) is 5.91 Å². The standard InChI is InChI=1S/C22H25N3O3/c1-4-13-28-20-8-6-5-7-18(20)15-23-25-22(27)17-9-11-19(12-10-17)24-21(26)14-16(2)3/h4-12,15-16H,1,13-14H2,2-3H3,(H,24,26)(H,25,27)/b23-15+. The van der Waals surface area contributed by atoms with Crippen LogP contribution in [0.1, 0.15) is 36.2 Å². The van der Waals surface area contributed by atoms with E-state index in [2.05, 4.69) is 22.4 Å². The number of rotatable bonds is 9. The van der Waals surface area contributed by atoms with E-state index in [-0.39, 0.29) is 17.7 Å². The number of hydrogen-bond acceptors (Lipinski definition) is 4. The van der Waals surface area contributed by atoms with Gasteiger partial charge in [-0.2, -0.15) is 5.10 Å². The van der Waals surface area contributed by atoms with Crippen molar-refractivity contribution in [2.24, 2.45) is 11.0 Å². The van der Waals surface area contributed by atoms with Crippen LogP contribution in [0, 0.1) is 5.92 Å². The van der Waals surface area contributed by atoms with Crippen LogP contribution in [0.25, 0.3) is 0 Å². The minimum atomic E-state index is -0.346. The van der Waals surface area contributed by atoms with Crippen LogP contribution >= 0.6 is 0 Å². The lowest BCUT2D eigenvalue weighted by Gasteiger charge is -2.08. The lowest BCUT2D eigenvalue weighted by atomic mass is 10.1. The van der Waals surface area contributed by atoms with Gasteiger partial charge in [0, 0.05) is 23.2 Å². The first-order chi connectivity index (χ1) is 13.5. The van der Waals surface area contributed by atoms with E-state index in [1.807, 2.05) is 38.1 Å². The number of carbonyl (C=O) groups excluding carboxylic acids is 2. The molecule has 0 fully saturated rings. The van der Waals surface area contributed by atoms with E-state index < -0.39 is 0 Å². The third kappa shape index (κ3) is 6.72. The molecular formula is C22H25N3O3. The third-order valence-corrected chi connectivity index (χ3v) is 3.67. The average molecular weight is 379 g/mol. The number of hydrogen-bond donors (Lipinski definition) is 2. The molecule has 2 amide bonds. The maximum Gasteiger partial charge on any atom is 0.271 e. The quantitative estimate of drug-likeness (QED) is 0.393. The van der Waals surface area contributed by atoms with Crippen LogP contribution < -0.4 is 15.5 Å². The van der Waals surface area contributed by atoms with Gasteiger partial charge in [-0.3, -0.25) is 9.59 Å². The third-order valence-electron chi connectivity index (χ3n) is 3.67. The van der Waals surface area contributed by atoms with Gasteiger partial charge in [-0.15, -0.1) is 0 Å². The van der Waals surface area contributed by atoms with E-state index in [0.717, 1.165) is 5.56 Å². The molecule has 0 spiro atoms. The van der Waals surface area contributed by atoms with Gasteiger partial charge in [-0.1, -0.05) is 38.6 Å². The highest BCUT2D eigenvalue weighted by Gasteiger charge is 2.07. The smallest absolute Gasteiger partial charge is 0.271 e. The summed E-state index contributed by atoms with van der Waals surface area (Å²) >= 11 is 0. The van der Waals surface area contributed by atoms with Crippen molar-refractivity contribution in [3.8, 4) is 5.75 Å². The maximum atomic E-state index is 12.2. The Bertz CT molecular complexity index is 842. The number of anilines is 1. The maximum absolute atomic E-state index is 12.2. The Morgan fingerprint density at radius 3 is 2.54 bits per heavy atom. The molecule has 146 valence electrons. The molecule has 2 aromatic carbocycles. The van der Waals surface area contributed by atoms with Crippen LogP contribution in [-0.2, 0) is 4.79 Å². The predicted octanol–water partition coefficient (Wildman–Crippen LogP) is 4.00. The lowest BCUT2D eigenvalue weighted by Crippen LogP contribution is -2.18. The van der Waals surface area contributed by atoms with Crippen molar-refractivity contribution in [3.63, 3.8) is 0 Å². The fourth-order valence-electron chi connectivity index (χ4n) is 2.38. The number of nitrogens with one attached hydrogen (secondary N) is 2.